The summed E-state index contributed by atoms with van der Waals surface area (Å²) in [4.78, 5) is 11.8. The zero-order valence-electron chi connectivity index (χ0n) is 9.71. The van der Waals surface area contributed by atoms with Crippen molar-refractivity contribution in [1.82, 2.24) is 10.6 Å². The molecule has 1 amide bonds. The number of benzene rings is 1. The number of rotatable bonds is 4. The minimum Gasteiger partial charge on any atom is -0.352 e. The van der Waals surface area contributed by atoms with Crippen LogP contribution in [0.15, 0.2) is 24.3 Å². The van der Waals surface area contributed by atoms with E-state index in [9.17, 15) is 4.79 Å². The Balaban J connectivity index is 1.77. The Morgan fingerprint density at radius 2 is 2.41 bits per heavy atom. The number of carbonyl (C=O) groups excluding carboxylic acids is 1. The molecule has 1 heterocycles. The summed E-state index contributed by atoms with van der Waals surface area (Å²) in [5, 5.41) is 6.91. The van der Waals surface area contributed by atoms with Crippen molar-refractivity contribution < 1.29 is 4.79 Å². The quantitative estimate of drug-likeness (QED) is 0.863. The summed E-state index contributed by atoms with van der Waals surface area (Å²) in [6.07, 6.45) is 3.45. The maximum atomic E-state index is 11.8. The number of carbonyl (C=O) groups is 1. The largest absolute Gasteiger partial charge is 0.352 e. The van der Waals surface area contributed by atoms with Crippen molar-refractivity contribution in [3.63, 3.8) is 0 Å². The lowest BCUT2D eigenvalue weighted by Crippen LogP contribution is -2.30. The second kappa shape index (κ2) is 6.03. The first-order chi connectivity index (χ1) is 8.25. The molecule has 0 unspecified atom stereocenters. The van der Waals surface area contributed by atoms with Crippen LogP contribution in [0.2, 0.25) is 5.02 Å². The van der Waals surface area contributed by atoms with Crippen molar-refractivity contribution >= 4 is 17.5 Å². The lowest BCUT2D eigenvalue weighted by molar-refractivity contribution is 0.0952. The van der Waals surface area contributed by atoms with Crippen molar-refractivity contribution in [2.45, 2.75) is 25.3 Å². The SMILES string of the molecule is O=C(NCC[C@@H]1CCCN1)c1cccc(Cl)c1. The Labute approximate surface area is 107 Å². The molecule has 1 aromatic carbocycles. The van der Waals surface area contributed by atoms with Gasteiger partial charge in [0.1, 0.15) is 0 Å². The summed E-state index contributed by atoms with van der Waals surface area (Å²) < 4.78 is 0. The van der Waals surface area contributed by atoms with E-state index in [0.29, 0.717) is 23.2 Å². The zero-order chi connectivity index (χ0) is 12.1. The molecule has 2 rings (SSSR count). The predicted molar refractivity (Wildman–Crippen MR) is 69.4 cm³/mol. The van der Waals surface area contributed by atoms with E-state index in [1.54, 1.807) is 24.3 Å². The van der Waals surface area contributed by atoms with Crippen LogP contribution in [0.25, 0.3) is 0 Å². The topological polar surface area (TPSA) is 41.1 Å². The Morgan fingerprint density at radius 3 is 3.12 bits per heavy atom. The van der Waals surface area contributed by atoms with E-state index >= 15 is 0 Å². The minimum absolute atomic E-state index is 0.0505. The fraction of sp³-hybridized carbons (Fsp3) is 0.462. The number of halogens is 1. The third kappa shape index (κ3) is 3.72. The van der Waals surface area contributed by atoms with Gasteiger partial charge >= 0.3 is 0 Å². The highest BCUT2D eigenvalue weighted by Crippen LogP contribution is 2.11. The average Bonchev–Trinajstić information content (AvgIpc) is 2.82. The molecule has 1 fully saturated rings. The van der Waals surface area contributed by atoms with Gasteiger partial charge in [0.2, 0.25) is 0 Å². The standard InChI is InChI=1S/C13H17ClN2O/c14-11-4-1-3-10(9-11)13(17)16-8-6-12-5-2-7-15-12/h1,3-4,9,12,15H,2,5-8H2,(H,16,17)/t12-/m0/s1. The van der Waals surface area contributed by atoms with Gasteiger partial charge in [-0.25, -0.2) is 0 Å². The summed E-state index contributed by atoms with van der Waals surface area (Å²) in [6.45, 7) is 1.82. The van der Waals surface area contributed by atoms with Gasteiger partial charge in [0.25, 0.3) is 5.91 Å². The molecule has 4 heteroatoms. The van der Waals surface area contributed by atoms with Crippen LogP contribution in [0.3, 0.4) is 0 Å². The molecular weight excluding hydrogens is 236 g/mol. The average molecular weight is 253 g/mol. The van der Waals surface area contributed by atoms with E-state index < -0.39 is 0 Å². The Bertz CT molecular complexity index is 389. The van der Waals surface area contributed by atoms with Gasteiger partial charge in [-0.15, -0.1) is 0 Å². The summed E-state index contributed by atoms with van der Waals surface area (Å²) in [6, 6.07) is 7.57. The number of hydrogen-bond donors (Lipinski definition) is 2. The van der Waals surface area contributed by atoms with E-state index in [2.05, 4.69) is 10.6 Å². The van der Waals surface area contributed by atoms with Gasteiger partial charge in [-0.3, -0.25) is 4.79 Å². The summed E-state index contributed by atoms with van der Waals surface area (Å²) in [7, 11) is 0. The monoisotopic (exact) mass is 252 g/mol. The third-order valence-electron chi connectivity index (χ3n) is 3.03. The van der Waals surface area contributed by atoms with Crippen LogP contribution in [-0.4, -0.2) is 25.0 Å². The Kier molecular flexibility index (Phi) is 4.40. The van der Waals surface area contributed by atoms with Crippen LogP contribution in [0.1, 0.15) is 29.6 Å². The molecule has 1 atom stereocenters. The number of amides is 1. The highest BCUT2D eigenvalue weighted by Gasteiger charge is 2.13. The van der Waals surface area contributed by atoms with E-state index in [-0.39, 0.29) is 5.91 Å². The smallest absolute Gasteiger partial charge is 0.251 e. The summed E-state index contributed by atoms with van der Waals surface area (Å²) in [5.41, 5.74) is 0.622. The Morgan fingerprint density at radius 1 is 1.53 bits per heavy atom. The maximum Gasteiger partial charge on any atom is 0.251 e. The molecule has 0 bridgehead atoms. The normalized spacial score (nSPS) is 19.2. The molecule has 0 radical (unpaired) electrons. The molecular formula is C13H17ClN2O. The molecule has 1 aromatic rings. The highest BCUT2D eigenvalue weighted by molar-refractivity contribution is 6.30. The highest BCUT2D eigenvalue weighted by atomic mass is 35.5. The van der Waals surface area contributed by atoms with Gasteiger partial charge in [-0.1, -0.05) is 17.7 Å². The molecule has 0 spiro atoms. The van der Waals surface area contributed by atoms with Crippen LogP contribution in [0.5, 0.6) is 0 Å². The van der Waals surface area contributed by atoms with E-state index in [1.807, 2.05) is 0 Å². The fourth-order valence-corrected chi connectivity index (χ4v) is 2.29. The molecule has 0 aromatic heterocycles. The van der Waals surface area contributed by atoms with Gasteiger partial charge in [0.05, 0.1) is 0 Å². The first-order valence-corrected chi connectivity index (χ1v) is 6.40. The molecule has 1 saturated heterocycles. The van der Waals surface area contributed by atoms with E-state index in [1.165, 1.54) is 12.8 Å². The maximum absolute atomic E-state index is 11.8. The lowest BCUT2D eigenvalue weighted by Gasteiger charge is -2.10. The molecule has 1 aliphatic rings. The van der Waals surface area contributed by atoms with Crippen molar-refractivity contribution in [1.29, 1.82) is 0 Å². The van der Waals surface area contributed by atoms with Gasteiger partial charge < -0.3 is 10.6 Å². The molecule has 0 aliphatic carbocycles. The molecule has 2 N–H and O–H groups in total. The molecule has 92 valence electrons. The fourth-order valence-electron chi connectivity index (χ4n) is 2.09. The van der Waals surface area contributed by atoms with Crippen LogP contribution < -0.4 is 10.6 Å². The number of nitrogens with one attached hydrogen (secondary N) is 2. The molecule has 17 heavy (non-hydrogen) atoms. The molecule has 3 nitrogen and oxygen atoms in total. The second-order valence-electron chi connectivity index (χ2n) is 4.35. The van der Waals surface area contributed by atoms with Crippen molar-refractivity contribution in [3.8, 4) is 0 Å². The lowest BCUT2D eigenvalue weighted by atomic mass is 10.1. The van der Waals surface area contributed by atoms with Gasteiger partial charge in [0.15, 0.2) is 0 Å². The van der Waals surface area contributed by atoms with Gasteiger partial charge in [-0.2, -0.15) is 0 Å². The van der Waals surface area contributed by atoms with Crippen LogP contribution in [0.4, 0.5) is 0 Å². The van der Waals surface area contributed by atoms with Crippen molar-refractivity contribution in [2.75, 3.05) is 13.1 Å². The Hall–Kier alpha value is -1.06. The minimum atomic E-state index is -0.0505. The number of hydrogen-bond acceptors (Lipinski definition) is 2. The second-order valence-corrected chi connectivity index (χ2v) is 4.78. The first-order valence-electron chi connectivity index (χ1n) is 6.03. The van der Waals surface area contributed by atoms with E-state index in [0.717, 1.165) is 13.0 Å². The summed E-state index contributed by atoms with van der Waals surface area (Å²) >= 11 is 5.84. The van der Waals surface area contributed by atoms with Gasteiger partial charge in [0, 0.05) is 23.2 Å². The third-order valence-corrected chi connectivity index (χ3v) is 3.26. The predicted octanol–water partition coefficient (Wildman–Crippen LogP) is 2.21. The van der Waals surface area contributed by atoms with Crippen LogP contribution in [0, 0.1) is 0 Å². The van der Waals surface area contributed by atoms with Crippen LogP contribution >= 0.6 is 11.6 Å². The summed E-state index contributed by atoms with van der Waals surface area (Å²) in [5.74, 6) is -0.0505. The van der Waals surface area contributed by atoms with Gasteiger partial charge in [-0.05, 0) is 44.0 Å². The van der Waals surface area contributed by atoms with Crippen molar-refractivity contribution in [3.05, 3.63) is 34.9 Å². The van der Waals surface area contributed by atoms with E-state index in [4.69, 9.17) is 11.6 Å². The first kappa shape index (κ1) is 12.4. The van der Waals surface area contributed by atoms with Crippen molar-refractivity contribution in [2.24, 2.45) is 0 Å². The zero-order valence-corrected chi connectivity index (χ0v) is 10.5. The molecule has 0 saturated carbocycles. The molecule has 1 aliphatic heterocycles. The van der Waals surface area contributed by atoms with Crippen LogP contribution in [-0.2, 0) is 0 Å².